The second kappa shape index (κ2) is 7.76. The molecule has 0 radical (unpaired) electrons. The van der Waals surface area contributed by atoms with Gasteiger partial charge in [0.05, 0.1) is 5.41 Å². The molecule has 5 nitrogen and oxygen atoms in total. The lowest BCUT2D eigenvalue weighted by Gasteiger charge is -2.32. The zero-order valence-corrected chi connectivity index (χ0v) is 13.1. The molecule has 0 saturated heterocycles. The summed E-state index contributed by atoms with van der Waals surface area (Å²) in [7, 11) is -0.868. The summed E-state index contributed by atoms with van der Waals surface area (Å²) in [6.07, 6.45) is 6.32. The van der Waals surface area contributed by atoms with Crippen molar-refractivity contribution >= 4 is 22.7 Å². The van der Waals surface area contributed by atoms with Gasteiger partial charge in [-0.1, -0.05) is 19.3 Å². The predicted molar refractivity (Wildman–Crippen MR) is 78.9 cm³/mol. The van der Waals surface area contributed by atoms with Crippen molar-refractivity contribution in [1.29, 1.82) is 0 Å². The van der Waals surface area contributed by atoms with E-state index in [1.54, 1.807) is 6.26 Å². The van der Waals surface area contributed by atoms with Crippen LogP contribution in [0.25, 0.3) is 0 Å². The molecule has 0 aromatic rings. The summed E-state index contributed by atoms with van der Waals surface area (Å²) >= 11 is 0. The number of aliphatic carboxylic acids is 1. The quantitative estimate of drug-likeness (QED) is 0.749. The number of amides is 1. The molecule has 2 unspecified atom stereocenters. The van der Waals surface area contributed by atoms with E-state index in [9.17, 15) is 18.9 Å². The van der Waals surface area contributed by atoms with Crippen LogP contribution in [-0.4, -0.2) is 39.2 Å². The maximum atomic E-state index is 12.0. The van der Waals surface area contributed by atoms with Crippen molar-refractivity contribution in [3.8, 4) is 0 Å². The lowest BCUT2D eigenvalue weighted by molar-refractivity contribution is -0.154. The highest BCUT2D eigenvalue weighted by Gasteiger charge is 2.41. The molecule has 0 spiro atoms. The first-order valence-electron chi connectivity index (χ1n) is 7.18. The highest BCUT2D eigenvalue weighted by atomic mass is 32.2. The molecule has 20 heavy (non-hydrogen) atoms. The number of rotatable bonds is 7. The highest BCUT2D eigenvalue weighted by Crippen LogP contribution is 2.39. The van der Waals surface area contributed by atoms with Crippen LogP contribution in [0.15, 0.2) is 0 Å². The van der Waals surface area contributed by atoms with E-state index in [0.29, 0.717) is 25.0 Å². The van der Waals surface area contributed by atoms with Gasteiger partial charge in [0.1, 0.15) is 0 Å². The van der Waals surface area contributed by atoms with Crippen LogP contribution in [0.2, 0.25) is 0 Å². The van der Waals surface area contributed by atoms with E-state index in [4.69, 9.17) is 0 Å². The van der Waals surface area contributed by atoms with Crippen LogP contribution in [0.1, 0.15) is 51.9 Å². The third kappa shape index (κ3) is 5.23. The van der Waals surface area contributed by atoms with E-state index < -0.39 is 22.2 Å². The standard InChI is InChI=1S/C14H25NO4S/c1-11(6-9-20(2)19)15-12(16)10-14(13(17)18)7-4-3-5-8-14/h11H,3-10H2,1-2H3,(H,15,16)(H,17,18). The van der Waals surface area contributed by atoms with Crippen LogP contribution in [0.5, 0.6) is 0 Å². The van der Waals surface area contributed by atoms with E-state index in [1.807, 2.05) is 6.92 Å². The van der Waals surface area contributed by atoms with Crippen molar-refractivity contribution in [2.24, 2.45) is 5.41 Å². The average molecular weight is 303 g/mol. The van der Waals surface area contributed by atoms with E-state index >= 15 is 0 Å². The molecule has 0 heterocycles. The number of carboxylic acid groups (broad SMARTS) is 1. The summed E-state index contributed by atoms with van der Waals surface area (Å²) in [4.78, 5) is 23.5. The highest BCUT2D eigenvalue weighted by molar-refractivity contribution is 7.84. The van der Waals surface area contributed by atoms with Crippen LogP contribution in [-0.2, 0) is 20.4 Å². The van der Waals surface area contributed by atoms with Crippen LogP contribution < -0.4 is 5.32 Å². The summed E-state index contributed by atoms with van der Waals surface area (Å²) in [5.74, 6) is -0.510. The number of carbonyl (C=O) groups is 2. The molecular weight excluding hydrogens is 278 g/mol. The molecule has 2 N–H and O–H groups in total. The van der Waals surface area contributed by atoms with Crippen molar-refractivity contribution < 1.29 is 18.9 Å². The summed E-state index contributed by atoms with van der Waals surface area (Å²) in [6, 6.07) is -0.0687. The molecule has 0 aliphatic heterocycles. The monoisotopic (exact) mass is 303 g/mol. The Morgan fingerprint density at radius 2 is 1.90 bits per heavy atom. The second-order valence-electron chi connectivity index (χ2n) is 5.86. The summed E-state index contributed by atoms with van der Waals surface area (Å²) in [5.41, 5.74) is -0.879. The van der Waals surface area contributed by atoms with Crippen LogP contribution in [0.3, 0.4) is 0 Å². The molecule has 6 heteroatoms. The van der Waals surface area contributed by atoms with E-state index in [1.165, 1.54) is 0 Å². The lowest BCUT2D eigenvalue weighted by atomic mass is 9.71. The van der Waals surface area contributed by atoms with Crippen molar-refractivity contribution in [1.82, 2.24) is 5.32 Å². The Hall–Kier alpha value is -0.910. The van der Waals surface area contributed by atoms with E-state index in [2.05, 4.69) is 5.32 Å². The van der Waals surface area contributed by atoms with Gasteiger partial charge in [0.25, 0.3) is 0 Å². The number of hydrogen-bond acceptors (Lipinski definition) is 3. The van der Waals surface area contributed by atoms with Crippen LogP contribution >= 0.6 is 0 Å². The Kier molecular flexibility index (Phi) is 6.65. The fourth-order valence-electron chi connectivity index (χ4n) is 2.74. The van der Waals surface area contributed by atoms with Gasteiger partial charge in [0.15, 0.2) is 0 Å². The van der Waals surface area contributed by atoms with Crippen molar-refractivity contribution in [2.45, 2.75) is 57.9 Å². The van der Waals surface area contributed by atoms with Crippen molar-refractivity contribution in [2.75, 3.05) is 12.0 Å². The SMILES string of the molecule is CC(CCS(C)=O)NC(=O)CC1(C(=O)O)CCCCC1. The smallest absolute Gasteiger partial charge is 0.310 e. The number of nitrogens with one attached hydrogen (secondary N) is 1. The van der Waals surface area contributed by atoms with Gasteiger partial charge in [-0.25, -0.2) is 0 Å². The van der Waals surface area contributed by atoms with Gasteiger partial charge in [-0.2, -0.15) is 0 Å². The van der Waals surface area contributed by atoms with Gasteiger partial charge in [0, 0.05) is 35.3 Å². The lowest BCUT2D eigenvalue weighted by Crippen LogP contribution is -2.41. The number of hydrogen-bond donors (Lipinski definition) is 2. The third-order valence-corrected chi connectivity index (χ3v) is 4.82. The minimum atomic E-state index is -0.879. The number of carboxylic acids is 1. The molecule has 1 fully saturated rings. The molecular formula is C14H25NO4S. The molecule has 1 rings (SSSR count). The van der Waals surface area contributed by atoms with E-state index in [-0.39, 0.29) is 18.4 Å². The molecule has 0 aromatic carbocycles. The van der Waals surface area contributed by atoms with Gasteiger partial charge >= 0.3 is 5.97 Å². The van der Waals surface area contributed by atoms with Crippen molar-refractivity contribution in [3.05, 3.63) is 0 Å². The van der Waals surface area contributed by atoms with Crippen LogP contribution in [0.4, 0.5) is 0 Å². The average Bonchev–Trinajstić information content (AvgIpc) is 2.37. The first-order valence-corrected chi connectivity index (χ1v) is 8.91. The topological polar surface area (TPSA) is 83.5 Å². The molecule has 1 aliphatic carbocycles. The first kappa shape index (κ1) is 17.1. The fraction of sp³-hybridized carbons (Fsp3) is 0.857. The summed E-state index contributed by atoms with van der Waals surface area (Å²) in [6.45, 7) is 1.86. The maximum absolute atomic E-state index is 12.0. The molecule has 1 aliphatic rings. The predicted octanol–water partition coefficient (Wildman–Crippen LogP) is 1.68. The zero-order valence-electron chi connectivity index (χ0n) is 12.3. The minimum absolute atomic E-state index is 0.0574. The fourth-order valence-corrected chi connectivity index (χ4v) is 3.43. The Bertz CT molecular complexity index is 377. The van der Waals surface area contributed by atoms with Gasteiger partial charge in [0.2, 0.25) is 5.91 Å². The first-order chi connectivity index (χ1) is 9.35. The molecule has 2 atom stereocenters. The normalized spacial score (nSPS) is 20.9. The second-order valence-corrected chi connectivity index (χ2v) is 7.41. The Labute approximate surface area is 123 Å². The van der Waals surface area contributed by atoms with Crippen molar-refractivity contribution in [3.63, 3.8) is 0 Å². The Morgan fingerprint density at radius 1 is 1.30 bits per heavy atom. The van der Waals surface area contributed by atoms with Gasteiger partial charge < -0.3 is 10.4 Å². The van der Waals surface area contributed by atoms with Gasteiger partial charge in [-0.15, -0.1) is 0 Å². The molecule has 116 valence electrons. The molecule has 1 amide bonds. The minimum Gasteiger partial charge on any atom is -0.481 e. The third-order valence-electron chi connectivity index (χ3n) is 4.01. The van der Waals surface area contributed by atoms with Gasteiger partial charge in [-0.05, 0) is 26.2 Å². The number of carbonyl (C=O) groups excluding carboxylic acids is 1. The zero-order chi connectivity index (χ0) is 15.2. The van der Waals surface area contributed by atoms with Crippen LogP contribution in [0, 0.1) is 5.41 Å². The molecule has 0 aromatic heterocycles. The maximum Gasteiger partial charge on any atom is 0.310 e. The molecule has 0 bridgehead atoms. The summed E-state index contributed by atoms with van der Waals surface area (Å²) < 4.78 is 11.0. The van der Waals surface area contributed by atoms with E-state index in [0.717, 1.165) is 19.3 Å². The molecule has 1 saturated carbocycles. The Morgan fingerprint density at radius 3 is 2.40 bits per heavy atom. The summed E-state index contributed by atoms with van der Waals surface area (Å²) in [5, 5.41) is 12.3. The largest absolute Gasteiger partial charge is 0.481 e. The van der Waals surface area contributed by atoms with Gasteiger partial charge in [-0.3, -0.25) is 13.8 Å². The Balaban J connectivity index is 2.50.